The summed E-state index contributed by atoms with van der Waals surface area (Å²) in [4.78, 5) is 10.7. The second-order valence-electron chi connectivity index (χ2n) is 3.73. The summed E-state index contributed by atoms with van der Waals surface area (Å²) in [6.45, 7) is 1.43. The van der Waals surface area contributed by atoms with Gasteiger partial charge < -0.3 is 22.3 Å². The van der Waals surface area contributed by atoms with Crippen LogP contribution in [0.3, 0.4) is 0 Å². The van der Waals surface area contributed by atoms with E-state index in [9.17, 15) is 9.90 Å². The van der Waals surface area contributed by atoms with Crippen molar-refractivity contribution in [3.05, 3.63) is 6.42 Å². The van der Waals surface area contributed by atoms with Gasteiger partial charge in [0.05, 0.1) is 6.10 Å². The fraction of sp³-hybridized carbons (Fsp3) is 0.778. The molecule has 0 heterocycles. The van der Waals surface area contributed by atoms with Crippen molar-refractivity contribution in [3.63, 3.8) is 0 Å². The number of rotatable bonds is 1. The van der Waals surface area contributed by atoms with Crippen molar-refractivity contribution in [1.29, 1.82) is 0 Å². The average molecular weight is 405 g/mol. The zero-order valence-electron chi connectivity index (χ0n) is 8.15. The van der Waals surface area contributed by atoms with Gasteiger partial charge in [-0.15, -0.1) is 0 Å². The van der Waals surface area contributed by atoms with Gasteiger partial charge in [-0.2, -0.15) is 0 Å². The molecule has 2 bridgehead atoms. The summed E-state index contributed by atoms with van der Waals surface area (Å²) >= 11 is 0. The summed E-state index contributed by atoms with van der Waals surface area (Å²) in [5, 5.41) is 9.40. The Bertz CT molecular complexity index is 210. The number of ether oxygens (including phenoxy) is 1. The smallest absolute Gasteiger partial charge is 1.00 e. The van der Waals surface area contributed by atoms with E-state index in [0.29, 0.717) is 5.92 Å². The maximum Gasteiger partial charge on any atom is 1.00 e. The first-order valence-corrected chi connectivity index (χ1v) is 4.37. The molecule has 1 N–H and O–H groups in total. The second-order valence-corrected chi connectivity index (χ2v) is 3.73. The van der Waals surface area contributed by atoms with Crippen LogP contribution < -0.4 is 12.4 Å². The van der Waals surface area contributed by atoms with Crippen LogP contribution in [-0.2, 0) is 37.2 Å². The van der Waals surface area contributed by atoms with Gasteiger partial charge in [0.1, 0.15) is 6.10 Å². The van der Waals surface area contributed by atoms with Crippen molar-refractivity contribution in [2.45, 2.75) is 32.0 Å². The molecule has 0 aromatic heterocycles. The molecule has 3 nitrogen and oxygen atoms in total. The molecule has 2 aliphatic rings. The molecule has 2 rings (SSSR count). The average Bonchev–Trinajstić information content (AvgIpc) is 2.44. The van der Waals surface area contributed by atoms with E-state index in [1.807, 2.05) is 6.42 Å². The van der Waals surface area contributed by atoms with Crippen LogP contribution in [0, 0.1) is 18.3 Å². The van der Waals surface area contributed by atoms with E-state index >= 15 is 0 Å². The van der Waals surface area contributed by atoms with Gasteiger partial charge in [-0.25, -0.2) is 0 Å². The van der Waals surface area contributed by atoms with Crippen LogP contribution in [0.25, 0.3) is 0 Å². The van der Waals surface area contributed by atoms with Crippen LogP contribution >= 0.6 is 0 Å². The maximum absolute atomic E-state index is 10.7. The topological polar surface area (TPSA) is 46.5 Å². The van der Waals surface area contributed by atoms with Crippen molar-refractivity contribution in [2.75, 3.05) is 0 Å². The van der Waals surface area contributed by atoms with Gasteiger partial charge in [0.15, 0.2) is 0 Å². The van der Waals surface area contributed by atoms with Gasteiger partial charge in [0.25, 0.3) is 0 Å². The number of hydrogen-bond donors (Lipinski definition) is 1. The molecule has 0 aliphatic heterocycles. The van der Waals surface area contributed by atoms with Crippen LogP contribution in [0.1, 0.15) is 19.8 Å². The molecule has 0 unspecified atom stereocenters. The Hall–Kier alpha value is 0.655. The normalized spacial score (nSPS) is 38.4. The number of esters is 1. The van der Waals surface area contributed by atoms with Crippen molar-refractivity contribution < 1.29 is 54.7 Å². The Labute approximate surface area is 111 Å². The Morgan fingerprint density at radius 2 is 2.14 bits per heavy atom. The zero-order chi connectivity index (χ0) is 8.72. The third kappa shape index (κ3) is 2.83. The third-order valence-electron chi connectivity index (χ3n) is 2.82. The van der Waals surface area contributed by atoms with Crippen LogP contribution in [0.4, 0.5) is 0 Å². The van der Waals surface area contributed by atoms with E-state index in [2.05, 4.69) is 0 Å². The number of carbonyl (C=O) groups is 1. The standard InChI is InChI=1S/C9H13O3.ClH.Hg/c1-5(10)12-9-4-6-2-7(9)3-8(6)11;;/h4,6-9,11H,2-3H2,1H3;1H;/q;;+1/p-1/t6-,7-,8+,9+;;/m1../s1. The Balaban J connectivity index is 0.000000845. The summed E-state index contributed by atoms with van der Waals surface area (Å²) < 4.78 is 5.09. The van der Waals surface area contributed by atoms with Crippen LogP contribution in [0.15, 0.2) is 0 Å². The number of aliphatic hydroxyl groups is 1. The van der Waals surface area contributed by atoms with Crippen molar-refractivity contribution in [2.24, 2.45) is 11.8 Å². The minimum atomic E-state index is -0.224. The molecule has 4 atom stereocenters. The van der Waals surface area contributed by atoms with Crippen molar-refractivity contribution >= 4 is 5.97 Å². The van der Waals surface area contributed by atoms with Gasteiger partial charge in [-0.05, 0) is 24.7 Å². The number of halogens is 1. The van der Waals surface area contributed by atoms with E-state index in [4.69, 9.17) is 4.74 Å². The molecule has 14 heavy (non-hydrogen) atoms. The maximum atomic E-state index is 10.7. The van der Waals surface area contributed by atoms with Crippen molar-refractivity contribution in [3.8, 4) is 0 Å². The predicted octanol–water partition coefficient (Wildman–Crippen LogP) is -2.48. The minimum Gasteiger partial charge on any atom is -1.00 e. The number of fused-ring (bicyclic) bond motifs is 2. The molecule has 5 heteroatoms. The molecular weight excluding hydrogens is 392 g/mol. The Kier molecular flexibility index (Phi) is 5.93. The first-order chi connectivity index (χ1) is 5.66. The number of aliphatic hydroxyl groups excluding tert-OH is 1. The summed E-state index contributed by atoms with van der Waals surface area (Å²) in [6.07, 6.45) is 3.52. The summed E-state index contributed by atoms with van der Waals surface area (Å²) in [5.74, 6) is 0.409. The van der Waals surface area contributed by atoms with E-state index in [-0.39, 0.29) is 64.2 Å². The van der Waals surface area contributed by atoms with E-state index in [1.54, 1.807) is 0 Å². The third-order valence-corrected chi connectivity index (χ3v) is 2.82. The first kappa shape index (κ1) is 14.7. The monoisotopic (exact) mass is 406 g/mol. The fourth-order valence-electron chi connectivity index (χ4n) is 2.29. The molecule has 2 radical (unpaired) electrons. The molecule has 76 valence electrons. The van der Waals surface area contributed by atoms with Gasteiger partial charge in [-0.3, -0.25) is 4.79 Å². The summed E-state index contributed by atoms with van der Waals surface area (Å²) in [5.41, 5.74) is 0. The van der Waals surface area contributed by atoms with Crippen LogP contribution in [0.2, 0.25) is 0 Å². The Morgan fingerprint density at radius 1 is 1.50 bits per heavy atom. The molecule has 2 aliphatic carbocycles. The van der Waals surface area contributed by atoms with E-state index in [1.165, 1.54) is 6.92 Å². The van der Waals surface area contributed by atoms with Gasteiger partial charge in [0, 0.05) is 13.3 Å². The minimum absolute atomic E-state index is 0. The molecule has 0 aromatic rings. The van der Waals surface area contributed by atoms with E-state index in [0.717, 1.165) is 12.8 Å². The SMILES string of the molecule is CC(=O)O[C@H]1[CH][C@H]2C[C@@H]1C[C@@H]2O.[Cl-].[Hg+]. The van der Waals surface area contributed by atoms with Gasteiger partial charge >= 0.3 is 33.6 Å². The van der Waals surface area contributed by atoms with Crippen molar-refractivity contribution in [1.82, 2.24) is 0 Å². The number of carbonyl (C=O) groups excluding carboxylic acids is 1. The molecule has 2 saturated carbocycles. The fourth-order valence-corrected chi connectivity index (χ4v) is 2.29. The molecular formula is C9H13ClHgO3. The zero-order valence-corrected chi connectivity index (χ0v) is 14.4. The Morgan fingerprint density at radius 3 is 2.50 bits per heavy atom. The molecule has 0 aromatic carbocycles. The molecule has 0 spiro atoms. The summed E-state index contributed by atoms with van der Waals surface area (Å²) in [7, 11) is 0. The van der Waals surface area contributed by atoms with Crippen LogP contribution in [0.5, 0.6) is 0 Å². The van der Waals surface area contributed by atoms with E-state index < -0.39 is 0 Å². The molecule has 0 amide bonds. The van der Waals surface area contributed by atoms with Gasteiger partial charge in [0.2, 0.25) is 0 Å². The quantitative estimate of drug-likeness (QED) is 0.389. The summed E-state index contributed by atoms with van der Waals surface area (Å²) in [6, 6.07) is 0. The van der Waals surface area contributed by atoms with Crippen LogP contribution in [-0.4, -0.2) is 23.3 Å². The molecule has 0 saturated heterocycles. The number of hydrogen-bond acceptors (Lipinski definition) is 3. The predicted molar refractivity (Wildman–Crippen MR) is 42.1 cm³/mol. The molecule has 2 fully saturated rings. The largest absolute Gasteiger partial charge is 1.00 e. The van der Waals surface area contributed by atoms with Gasteiger partial charge in [-0.1, -0.05) is 0 Å². The first-order valence-electron chi connectivity index (χ1n) is 4.37. The second kappa shape index (κ2) is 5.66.